The maximum Gasteiger partial charge on any atom is 0.416 e. The molecule has 43 heavy (non-hydrogen) atoms. The van der Waals surface area contributed by atoms with Crippen molar-refractivity contribution in [3.8, 4) is 5.75 Å². The zero-order valence-electron chi connectivity index (χ0n) is 22.1. The van der Waals surface area contributed by atoms with E-state index in [9.17, 15) is 40.8 Å². The van der Waals surface area contributed by atoms with E-state index < -0.39 is 62.8 Å². The van der Waals surface area contributed by atoms with Crippen LogP contribution in [0.25, 0.3) is 0 Å². The Morgan fingerprint density at radius 3 is 2.56 bits per heavy atom. The minimum absolute atomic E-state index is 0.0142. The number of rotatable bonds is 7. The van der Waals surface area contributed by atoms with Crippen LogP contribution in [0.15, 0.2) is 70.7 Å². The molecule has 16 heteroatoms. The molecule has 0 spiro atoms. The van der Waals surface area contributed by atoms with Gasteiger partial charge in [0.25, 0.3) is 15.9 Å². The molecule has 3 aromatic carbocycles. The molecule has 1 heterocycles. The molecule has 0 saturated carbocycles. The Hall–Kier alpha value is -4.37. The summed E-state index contributed by atoms with van der Waals surface area (Å²) in [6.45, 7) is -0.408. The van der Waals surface area contributed by atoms with Crippen molar-refractivity contribution < 1.29 is 50.2 Å². The Bertz CT molecular complexity index is 1700. The molecule has 10 nitrogen and oxygen atoms in total. The van der Waals surface area contributed by atoms with E-state index in [2.05, 4.69) is 15.2 Å². The number of halogens is 5. The molecule has 0 unspecified atom stereocenters. The van der Waals surface area contributed by atoms with Crippen molar-refractivity contribution >= 4 is 45.0 Å². The number of alkyl halides is 3. The predicted octanol–water partition coefficient (Wildman–Crippen LogP) is 4.97. The zero-order valence-corrected chi connectivity index (χ0v) is 23.6. The summed E-state index contributed by atoms with van der Waals surface area (Å²) in [4.78, 5) is 23.8. The van der Waals surface area contributed by atoms with Crippen LogP contribution in [0.3, 0.4) is 0 Å². The van der Waals surface area contributed by atoms with Crippen LogP contribution in [0.4, 0.5) is 23.2 Å². The lowest BCUT2D eigenvalue weighted by molar-refractivity contribution is -0.141. The Morgan fingerprint density at radius 2 is 1.91 bits per heavy atom. The van der Waals surface area contributed by atoms with Crippen LogP contribution in [0.1, 0.15) is 34.3 Å². The smallest absolute Gasteiger partial charge is 0.416 e. The topological polar surface area (TPSA) is 135 Å². The number of sulfonamides is 1. The monoisotopic (exact) mass is 643 g/mol. The first-order valence-electron chi connectivity index (χ1n) is 12.3. The van der Waals surface area contributed by atoms with Crippen molar-refractivity contribution in [2.45, 2.75) is 30.0 Å². The van der Waals surface area contributed by atoms with Crippen LogP contribution < -0.4 is 14.4 Å². The van der Waals surface area contributed by atoms with Gasteiger partial charge in [0.05, 0.1) is 40.4 Å². The standard InChI is InChI=1S/C27H22ClF4N3O7S/c1-41-24(36)10-7-18-14-35(43(39,40)19-4-2-3-16(12-19)27(30,31)32)22-11-15(5-9-23(22)42-18)25(34-38)33-26(37)20-8-6-17(29)13-21(20)28/h2-6,8-9,11-13,18,38H,7,10,14H2,1H3,(H,33,34,37)/t18-/m0/s1. The lowest BCUT2D eigenvalue weighted by atomic mass is 10.1. The number of amides is 1. The first kappa shape index (κ1) is 31.6. The molecule has 0 bridgehead atoms. The van der Waals surface area contributed by atoms with E-state index in [0.717, 1.165) is 40.7 Å². The molecule has 1 atom stereocenters. The highest BCUT2D eigenvalue weighted by Gasteiger charge is 2.37. The number of methoxy groups -OCH3 is 1. The van der Waals surface area contributed by atoms with Crippen molar-refractivity contribution in [3.63, 3.8) is 0 Å². The van der Waals surface area contributed by atoms with Crippen molar-refractivity contribution in [2.75, 3.05) is 18.0 Å². The third-order valence-electron chi connectivity index (χ3n) is 6.32. The van der Waals surface area contributed by atoms with Crippen LogP contribution in [-0.4, -0.2) is 51.1 Å². The number of nitrogens with one attached hydrogen (secondary N) is 1. The molecule has 0 saturated heterocycles. The fourth-order valence-electron chi connectivity index (χ4n) is 4.18. The Labute approximate surface area is 247 Å². The number of amidine groups is 1. The van der Waals surface area contributed by atoms with E-state index in [1.807, 2.05) is 0 Å². The SMILES string of the molecule is COC(=O)CC[C@H]1CN(S(=O)(=O)c2cccc(C(F)(F)F)c2)c2cc(/C(=N\O)NC(=O)c3ccc(F)cc3Cl)ccc2O1. The van der Waals surface area contributed by atoms with Gasteiger partial charge in [-0.05, 0) is 61.0 Å². The van der Waals surface area contributed by atoms with Gasteiger partial charge in [-0.3, -0.25) is 13.9 Å². The number of anilines is 1. The third kappa shape index (κ3) is 7.00. The predicted molar refractivity (Wildman–Crippen MR) is 145 cm³/mol. The normalized spacial score (nSPS) is 15.3. The third-order valence-corrected chi connectivity index (χ3v) is 8.41. The second-order valence-corrected chi connectivity index (χ2v) is 11.4. The molecule has 3 aromatic rings. The van der Waals surface area contributed by atoms with Crippen LogP contribution >= 0.6 is 11.6 Å². The van der Waals surface area contributed by atoms with Gasteiger partial charge in [0, 0.05) is 12.0 Å². The van der Waals surface area contributed by atoms with Gasteiger partial charge in [0.1, 0.15) is 17.7 Å². The average molecular weight is 644 g/mol. The summed E-state index contributed by atoms with van der Waals surface area (Å²) < 4.78 is 92.4. The highest BCUT2D eigenvalue weighted by Crippen LogP contribution is 2.39. The maximum absolute atomic E-state index is 13.8. The molecule has 228 valence electrons. The van der Waals surface area contributed by atoms with E-state index in [0.29, 0.717) is 6.07 Å². The number of esters is 1. The van der Waals surface area contributed by atoms with Gasteiger partial charge in [-0.15, -0.1) is 0 Å². The molecule has 0 aromatic heterocycles. The quantitative estimate of drug-likeness (QED) is 0.0927. The number of hydrogen-bond donors (Lipinski definition) is 2. The zero-order chi connectivity index (χ0) is 31.5. The van der Waals surface area contributed by atoms with E-state index in [1.54, 1.807) is 0 Å². The van der Waals surface area contributed by atoms with E-state index >= 15 is 0 Å². The Morgan fingerprint density at radius 1 is 1.16 bits per heavy atom. The summed E-state index contributed by atoms with van der Waals surface area (Å²) in [6, 6.07) is 9.95. The fourth-order valence-corrected chi connectivity index (χ4v) is 5.98. The summed E-state index contributed by atoms with van der Waals surface area (Å²) in [7, 11) is -3.49. The molecular formula is C27H22ClF4N3O7S. The largest absolute Gasteiger partial charge is 0.486 e. The van der Waals surface area contributed by atoms with Gasteiger partial charge in [0.15, 0.2) is 5.84 Å². The first-order valence-corrected chi connectivity index (χ1v) is 14.1. The van der Waals surface area contributed by atoms with Crippen LogP contribution in [0.2, 0.25) is 5.02 Å². The highest BCUT2D eigenvalue weighted by atomic mass is 35.5. The van der Waals surface area contributed by atoms with Gasteiger partial charge in [-0.25, -0.2) is 12.8 Å². The first-order chi connectivity index (χ1) is 20.2. The number of fused-ring (bicyclic) bond motifs is 1. The van der Waals surface area contributed by atoms with Gasteiger partial charge in [-0.2, -0.15) is 13.2 Å². The number of oxime groups is 1. The van der Waals surface area contributed by atoms with E-state index in [4.69, 9.17) is 16.3 Å². The van der Waals surface area contributed by atoms with Crippen molar-refractivity contribution in [3.05, 3.63) is 88.2 Å². The van der Waals surface area contributed by atoms with Gasteiger partial charge in [-0.1, -0.05) is 22.8 Å². The molecule has 0 radical (unpaired) electrons. The van der Waals surface area contributed by atoms with Crippen LogP contribution in [-0.2, 0) is 25.7 Å². The van der Waals surface area contributed by atoms with Crippen LogP contribution in [0, 0.1) is 5.82 Å². The summed E-state index contributed by atoms with van der Waals surface area (Å²) in [5.74, 6) is -2.65. The second kappa shape index (κ2) is 12.5. The van der Waals surface area contributed by atoms with Crippen LogP contribution in [0.5, 0.6) is 5.75 Å². The molecular weight excluding hydrogens is 622 g/mol. The lowest BCUT2D eigenvalue weighted by Gasteiger charge is -2.36. The van der Waals surface area contributed by atoms with E-state index in [1.165, 1.54) is 25.3 Å². The lowest BCUT2D eigenvalue weighted by Crippen LogP contribution is -2.44. The number of hydrogen-bond acceptors (Lipinski definition) is 8. The number of benzene rings is 3. The molecule has 4 rings (SSSR count). The molecule has 0 aliphatic carbocycles. The highest BCUT2D eigenvalue weighted by molar-refractivity contribution is 7.92. The van der Waals surface area contributed by atoms with Gasteiger partial charge >= 0.3 is 12.1 Å². The van der Waals surface area contributed by atoms with Gasteiger partial charge in [0.2, 0.25) is 0 Å². The molecule has 1 amide bonds. The fraction of sp³-hybridized carbons (Fsp3) is 0.222. The molecule has 0 fully saturated rings. The summed E-state index contributed by atoms with van der Waals surface area (Å²) >= 11 is 5.93. The summed E-state index contributed by atoms with van der Waals surface area (Å²) in [5, 5.41) is 14.8. The minimum atomic E-state index is -4.82. The van der Waals surface area contributed by atoms with E-state index in [-0.39, 0.29) is 40.4 Å². The van der Waals surface area contributed by atoms with Crippen molar-refractivity contribution in [1.29, 1.82) is 0 Å². The number of nitrogens with zero attached hydrogens (tertiary/aromatic N) is 2. The molecule has 1 aliphatic rings. The average Bonchev–Trinajstić information content (AvgIpc) is 2.97. The van der Waals surface area contributed by atoms with Crippen molar-refractivity contribution in [1.82, 2.24) is 5.32 Å². The summed E-state index contributed by atoms with van der Waals surface area (Å²) in [5.41, 5.74) is -1.53. The summed E-state index contributed by atoms with van der Waals surface area (Å²) in [6.07, 6.45) is -5.83. The Kier molecular flexibility index (Phi) is 9.15. The Balaban J connectivity index is 1.74. The molecule has 2 N–H and O–H groups in total. The van der Waals surface area contributed by atoms with Gasteiger partial charge < -0.3 is 20.0 Å². The minimum Gasteiger partial charge on any atom is -0.486 e. The maximum atomic E-state index is 13.8. The number of carbonyl (C=O) groups is 2. The number of carbonyl (C=O) groups excluding carboxylic acids is 2. The second-order valence-electron chi connectivity index (χ2n) is 9.13. The van der Waals surface area contributed by atoms with Crippen molar-refractivity contribution in [2.24, 2.45) is 5.16 Å². The molecule has 1 aliphatic heterocycles. The number of ether oxygens (including phenoxy) is 2.